The number of benzene rings is 1. The molecule has 0 spiro atoms. The number of hydrogen-bond acceptors (Lipinski definition) is 4. The van der Waals surface area contributed by atoms with Gasteiger partial charge in [0.15, 0.2) is 0 Å². The average Bonchev–Trinajstić information content (AvgIpc) is 2.45. The van der Waals surface area contributed by atoms with Gasteiger partial charge in [0.05, 0.1) is 11.0 Å². The van der Waals surface area contributed by atoms with Crippen LogP contribution in [-0.4, -0.2) is 26.6 Å². The van der Waals surface area contributed by atoms with E-state index in [-0.39, 0.29) is 17.8 Å². The predicted molar refractivity (Wildman–Crippen MR) is 80.2 cm³/mol. The van der Waals surface area contributed by atoms with Crippen LogP contribution in [0.25, 0.3) is 11.0 Å². The van der Waals surface area contributed by atoms with Gasteiger partial charge in [-0.3, -0.25) is 14.9 Å². The Morgan fingerprint density at radius 2 is 2.14 bits per heavy atom. The quantitative estimate of drug-likeness (QED) is 0.751. The summed E-state index contributed by atoms with van der Waals surface area (Å²) in [5, 5.41) is 12.3. The van der Waals surface area contributed by atoms with Gasteiger partial charge in [-0.25, -0.2) is 4.98 Å². The van der Waals surface area contributed by atoms with Gasteiger partial charge in [-0.2, -0.15) is 0 Å². The number of aromatic amines is 1. The molecule has 1 aromatic carbocycles. The number of hydrogen-bond donors (Lipinski definition) is 3. The second-order valence-corrected chi connectivity index (χ2v) is 5.27. The fourth-order valence-electron chi connectivity index (χ4n) is 2.24. The lowest BCUT2D eigenvalue weighted by Crippen LogP contribution is -2.49. The molecular formula is C15H19N3O3. The monoisotopic (exact) mass is 289 g/mol. The fraction of sp³-hybridized carbons (Fsp3) is 0.400. The highest BCUT2D eigenvalue weighted by Crippen LogP contribution is 2.13. The third-order valence-corrected chi connectivity index (χ3v) is 3.54. The first-order chi connectivity index (χ1) is 9.96. The number of aliphatic carboxylic acids is 1. The van der Waals surface area contributed by atoms with E-state index in [4.69, 9.17) is 0 Å². The van der Waals surface area contributed by atoms with E-state index in [0.717, 1.165) is 6.42 Å². The lowest BCUT2D eigenvalue weighted by Gasteiger charge is -2.25. The zero-order valence-corrected chi connectivity index (χ0v) is 12.1. The van der Waals surface area contributed by atoms with Gasteiger partial charge in [-0.05, 0) is 25.5 Å². The molecule has 3 N–H and O–H groups in total. The highest BCUT2D eigenvalue weighted by Gasteiger charge is 2.31. The van der Waals surface area contributed by atoms with Gasteiger partial charge in [-0.1, -0.05) is 25.5 Å². The standard InChI is InChI=1S/C15H19N3O3/c1-3-8-15(2,14(20)21)16-9-12-13(19)18-11-7-5-4-6-10(11)17-12/h4-7,16H,3,8-9H2,1-2H3,(H,18,19)(H,20,21). The molecule has 1 unspecified atom stereocenters. The smallest absolute Gasteiger partial charge is 0.323 e. The van der Waals surface area contributed by atoms with E-state index in [1.54, 1.807) is 19.1 Å². The summed E-state index contributed by atoms with van der Waals surface area (Å²) in [4.78, 5) is 30.4. The van der Waals surface area contributed by atoms with Crippen molar-refractivity contribution < 1.29 is 9.90 Å². The largest absolute Gasteiger partial charge is 0.480 e. The zero-order chi connectivity index (χ0) is 15.5. The van der Waals surface area contributed by atoms with Gasteiger partial charge in [-0.15, -0.1) is 0 Å². The normalized spacial score (nSPS) is 14.0. The van der Waals surface area contributed by atoms with Crippen molar-refractivity contribution in [2.24, 2.45) is 0 Å². The zero-order valence-electron chi connectivity index (χ0n) is 12.1. The number of fused-ring (bicyclic) bond motifs is 1. The van der Waals surface area contributed by atoms with Crippen molar-refractivity contribution in [3.05, 3.63) is 40.3 Å². The van der Waals surface area contributed by atoms with Gasteiger partial charge in [0, 0.05) is 6.54 Å². The van der Waals surface area contributed by atoms with Crippen molar-refractivity contribution in [3.63, 3.8) is 0 Å². The lowest BCUT2D eigenvalue weighted by molar-refractivity contribution is -0.144. The van der Waals surface area contributed by atoms with Crippen LogP contribution in [0.15, 0.2) is 29.1 Å². The summed E-state index contributed by atoms with van der Waals surface area (Å²) in [6.07, 6.45) is 1.21. The molecule has 1 heterocycles. The van der Waals surface area contributed by atoms with E-state index in [9.17, 15) is 14.7 Å². The van der Waals surface area contributed by atoms with E-state index in [1.165, 1.54) is 0 Å². The lowest BCUT2D eigenvalue weighted by atomic mass is 9.96. The van der Waals surface area contributed by atoms with Crippen LogP contribution in [0, 0.1) is 0 Å². The summed E-state index contributed by atoms with van der Waals surface area (Å²) >= 11 is 0. The Bertz CT molecular complexity index is 711. The minimum atomic E-state index is -1.06. The van der Waals surface area contributed by atoms with Crippen LogP contribution in [0.4, 0.5) is 0 Å². The van der Waals surface area contributed by atoms with Gasteiger partial charge in [0.25, 0.3) is 5.56 Å². The van der Waals surface area contributed by atoms with E-state index in [2.05, 4.69) is 15.3 Å². The molecule has 2 rings (SSSR count). The van der Waals surface area contributed by atoms with Crippen LogP contribution < -0.4 is 10.9 Å². The van der Waals surface area contributed by atoms with E-state index in [0.29, 0.717) is 17.5 Å². The maximum atomic E-state index is 12.0. The number of aromatic nitrogens is 2. The third kappa shape index (κ3) is 3.28. The van der Waals surface area contributed by atoms with Crippen molar-refractivity contribution in [1.29, 1.82) is 0 Å². The molecule has 0 radical (unpaired) electrons. The number of carboxylic acids is 1. The number of nitrogens with one attached hydrogen (secondary N) is 2. The summed E-state index contributed by atoms with van der Waals surface area (Å²) in [5.74, 6) is -0.929. The molecule has 0 saturated carbocycles. The molecule has 0 aliphatic heterocycles. The molecule has 1 aromatic heterocycles. The van der Waals surface area contributed by atoms with Crippen molar-refractivity contribution in [2.75, 3.05) is 0 Å². The number of H-pyrrole nitrogens is 1. The average molecular weight is 289 g/mol. The first kappa shape index (κ1) is 15.2. The van der Waals surface area contributed by atoms with Crippen LogP contribution >= 0.6 is 0 Å². The second kappa shape index (κ2) is 6.05. The van der Waals surface area contributed by atoms with Crippen LogP contribution in [0.2, 0.25) is 0 Å². The van der Waals surface area contributed by atoms with Crippen molar-refractivity contribution in [1.82, 2.24) is 15.3 Å². The molecule has 0 bridgehead atoms. The molecule has 1 atom stereocenters. The van der Waals surface area contributed by atoms with Gasteiger partial charge >= 0.3 is 5.97 Å². The first-order valence-electron chi connectivity index (χ1n) is 6.92. The summed E-state index contributed by atoms with van der Waals surface area (Å²) in [7, 11) is 0. The topological polar surface area (TPSA) is 95.1 Å². The third-order valence-electron chi connectivity index (χ3n) is 3.54. The Morgan fingerprint density at radius 3 is 2.81 bits per heavy atom. The summed E-state index contributed by atoms with van der Waals surface area (Å²) < 4.78 is 0. The maximum absolute atomic E-state index is 12.0. The Balaban J connectivity index is 2.25. The van der Waals surface area contributed by atoms with Crippen LogP contribution in [0.5, 0.6) is 0 Å². The minimum Gasteiger partial charge on any atom is -0.480 e. The number of para-hydroxylation sites is 2. The molecule has 0 aliphatic rings. The van der Waals surface area contributed by atoms with Crippen molar-refractivity contribution in [3.8, 4) is 0 Å². The maximum Gasteiger partial charge on any atom is 0.323 e. The molecule has 0 saturated heterocycles. The van der Waals surface area contributed by atoms with Crippen molar-refractivity contribution >= 4 is 17.0 Å². The van der Waals surface area contributed by atoms with E-state index < -0.39 is 11.5 Å². The van der Waals surface area contributed by atoms with Gasteiger partial charge in [0.2, 0.25) is 0 Å². The number of rotatable bonds is 6. The molecule has 112 valence electrons. The Hall–Kier alpha value is -2.21. The van der Waals surface area contributed by atoms with Crippen LogP contribution in [-0.2, 0) is 11.3 Å². The highest BCUT2D eigenvalue weighted by molar-refractivity contribution is 5.78. The molecule has 6 heteroatoms. The van der Waals surface area contributed by atoms with Crippen molar-refractivity contribution in [2.45, 2.75) is 38.8 Å². The van der Waals surface area contributed by atoms with E-state index >= 15 is 0 Å². The second-order valence-electron chi connectivity index (χ2n) is 5.27. The molecule has 2 aromatic rings. The van der Waals surface area contributed by atoms with Gasteiger partial charge in [0.1, 0.15) is 11.2 Å². The van der Waals surface area contributed by atoms with Crippen LogP contribution in [0.3, 0.4) is 0 Å². The summed E-state index contributed by atoms with van der Waals surface area (Å²) in [5.41, 5.74) is 0.277. The number of nitrogens with zero attached hydrogens (tertiary/aromatic N) is 1. The fourth-order valence-corrected chi connectivity index (χ4v) is 2.24. The number of carboxylic acid groups (broad SMARTS) is 1. The molecular weight excluding hydrogens is 270 g/mol. The molecule has 0 amide bonds. The Labute approximate surface area is 122 Å². The molecule has 21 heavy (non-hydrogen) atoms. The summed E-state index contributed by atoms with van der Waals surface area (Å²) in [6.45, 7) is 3.65. The predicted octanol–water partition coefficient (Wildman–Crippen LogP) is 1.66. The summed E-state index contributed by atoms with van der Waals surface area (Å²) in [6, 6.07) is 7.24. The van der Waals surface area contributed by atoms with E-state index in [1.807, 2.05) is 19.1 Å². The SMILES string of the molecule is CCCC(C)(NCc1nc2ccccc2[nH]c1=O)C(=O)O. The highest BCUT2D eigenvalue weighted by atomic mass is 16.4. The Morgan fingerprint density at radius 1 is 1.43 bits per heavy atom. The van der Waals surface area contributed by atoms with Gasteiger partial charge < -0.3 is 10.1 Å². The first-order valence-corrected chi connectivity index (χ1v) is 6.92. The molecule has 6 nitrogen and oxygen atoms in total. The number of carbonyl (C=O) groups is 1. The molecule has 0 aliphatic carbocycles. The van der Waals surface area contributed by atoms with Crippen LogP contribution in [0.1, 0.15) is 32.4 Å². The minimum absolute atomic E-state index is 0.114. The molecule has 0 fully saturated rings. The Kier molecular flexibility index (Phi) is 4.37.